The molecular formula is C19H27ClN2O. The van der Waals surface area contributed by atoms with Crippen molar-refractivity contribution >= 4 is 24.0 Å². The summed E-state index contributed by atoms with van der Waals surface area (Å²) in [5.74, 6) is 2.72. The maximum absolute atomic E-state index is 13.0. The molecule has 23 heavy (non-hydrogen) atoms. The van der Waals surface area contributed by atoms with Crippen molar-refractivity contribution in [2.75, 3.05) is 12.4 Å². The molecule has 0 atom stereocenters. The maximum atomic E-state index is 13.0. The summed E-state index contributed by atoms with van der Waals surface area (Å²) in [7, 11) is 1.95. The van der Waals surface area contributed by atoms with Gasteiger partial charge in [0, 0.05) is 12.2 Å². The minimum atomic E-state index is -0.0617. The zero-order chi connectivity index (χ0) is 15.2. The molecule has 1 amide bonds. The van der Waals surface area contributed by atoms with E-state index in [4.69, 9.17) is 0 Å². The molecule has 0 aliphatic heterocycles. The first-order chi connectivity index (χ1) is 10.7. The first kappa shape index (κ1) is 16.8. The monoisotopic (exact) mass is 334 g/mol. The Morgan fingerprint density at radius 1 is 1.13 bits per heavy atom. The minimum absolute atomic E-state index is 0. The van der Waals surface area contributed by atoms with Crippen molar-refractivity contribution in [3.8, 4) is 0 Å². The van der Waals surface area contributed by atoms with Crippen LogP contribution in [-0.4, -0.2) is 13.0 Å². The maximum Gasteiger partial charge on any atom is 0.230 e. The molecule has 0 spiro atoms. The van der Waals surface area contributed by atoms with Crippen LogP contribution in [0.5, 0.6) is 0 Å². The molecule has 4 aliphatic carbocycles. The average molecular weight is 335 g/mol. The van der Waals surface area contributed by atoms with E-state index in [1.807, 2.05) is 19.2 Å². The standard InChI is InChI=1S/C19H26N2O.ClH/c1-20-12-13-3-2-4-17(8-13)21-18(22)19-9-14-5-15(10-19)7-16(6-14)11-19;/h2-4,8,14-16,20H,5-7,9-12H2,1H3,(H,21,22);1H. The largest absolute Gasteiger partial charge is 0.326 e. The van der Waals surface area contributed by atoms with Gasteiger partial charge in [0.2, 0.25) is 5.91 Å². The third kappa shape index (κ3) is 3.14. The van der Waals surface area contributed by atoms with E-state index in [-0.39, 0.29) is 23.7 Å². The highest BCUT2D eigenvalue weighted by atomic mass is 35.5. The van der Waals surface area contributed by atoms with Crippen molar-refractivity contribution in [3.05, 3.63) is 29.8 Å². The Bertz CT molecular complexity index is 551. The SMILES string of the molecule is CNCc1cccc(NC(=O)C23CC4CC(CC(C4)C2)C3)c1.Cl. The topological polar surface area (TPSA) is 41.1 Å². The lowest BCUT2D eigenvalue weighted by molar-refractivity contribution is -0.140. The van der Waals surface area contributed by atoms with E-state index >= 15 is 0 Å². The highest BCUT2D eigenvalue weighted by Crippen LogP contribution is 2.60. The number of carbonyl (C=O) groups excluding carboxylic acids is 1. The fourth-order valence-electron chi connectivity index (χ4n) is 5.62. The molecule has 126 valence electrons. The molecule has 5 rings (SSSR count). The normalized spacial score (nSPS) is 34.0. The van der Waals surface area contributed by atoms with Gasteiger partial charge in [-0.15, -0.1) is 12.4 Å². The second-order valence-electron chi connectivity index (χ2n) is 7.88. The fraction of sp³-hybridized carbons (Fsp3) is 0.632. The van der Waals surface area contributed by atoms with Crippen LogP contribution >= 0.6 is 12.4 Å². The highest BCUT2D eigenvalue weighted by Gasteiger charge is 2.54. The molecule has 2 N–H and O–H groups in total. The van der Waals surface area contributed by atoms with Gasteiger partial charge in [-0.3, -0.25) is 4.79 Å². The van der Waals surface area contributed by atoms with Crippen molar-refractivity contribution in [1.29, 1.82) is 0 Å². The first-order valence-electron chi connectivity index (χ1n) is 8.72. The van der Waals surface area contributed by atoms with Gasteiger partial charge in [-0.1, -0.05) is 12.1 Å². The molecule has 0 unspecified atom stereocenters. The van der Waals surface area contributed by atoms with Gasteiger partial charge in [-0.25, -0.2) is 0 Å². The minimum Gasteiger partial charge on any atom is -0.326 e. The zero-order valence-electron chi connectivity index (χ0n) is 13.8. The van der Waals surface area contributed by atoms with Crippen LogP contribution in [-0.2, 0) is 11.3 Å². The predicted octanol–water partition coefficient (Wildman–Crippen LogP) is 3.98. The van der Waals surface area contributed by atoms with Crippen LogP contribution in [0.1, 0.15) is 44.1 Å². The summed E-state index contributed by atoms with van der Waals surface area (Å²) in [5.41, 5.74) is 2.10. The van der Waals surface area contributed by atoms with E-state index in [9.17, 15) is 4.79 Å². The number of halogens is 1. The summed E-state index contributed by atoms with van der Waals surface area (Å²) in [6.45, 7) is 0.834. The Kier molecular flexibility index (Phi) is 4.70. The highest BCUT2D eigenvalue weighted by molar-refractivity contribution is 5.95. The molecule has 3 nitrogen and oxygen atoms in total. The first-order valence-corrected chi connectivity index (χ1v) is 8.72. The molecule has 4 heteroatoms. The summed E-state index contributed by atoms with van der Waals surface area (Å²) in [4.78, 5) is 13.0. The quantitative estimate of drug-likeness (QED) is 0.874. The molecule has 0 radical (unpaired) electrons. The number of nitrogens with one attached hydrogen (secondary N) is 2. The molecule has 0 heterocycles. The predicted molar refractivity (Wildman–Crippen MR) is 95.7 cm³/mol. The number of hydrogen-bond donors (Lipinski definition) is 2. The van der Waals surface area contributed by atoms with Gasteiger partial charge < -0.3 is 10.6 Å². The summed E-state index contributed by atoms with van der Waals surface area (Å²) in [6, 6.07) is 8.23. The van der Waals surface area contributed by atoms with Crippen LogP contribution in [0.4, 0.5) is 5.69 Å². The Hall–Kier alpha value is -1.06. The van der Waals surface area contributed by atoms with Gasteiger partial charge in [-0.05, 0) is 81.0 Å². The van der Waals surface area contributed by atoms with E-state index in [0.717, 1.165) is 49.2 Å². The Balaban J connectivity index is 0.00000156. The molecule has 1 aromatic carbocycles. The van der Waals surface area contributed by atoms with Crippen molar-refractivity contribution in [1.82, 2.24) is 5.32 Å². The summed E-state index contributed by atoms with van der Waals surface area (Å²) >= 11 is 0. The second kappa shape index (κ2) is 6.45. The number of benzene rings is 1. The summed E-state index contributed by atoms with van der Waals surface area (Å²) < 4.78 is 0. The van der Waals surface area contributed by atoms with Gasteiger partial charge in [0.15, 0.2) is 0 Å². The number of rotatable bonds is 4. The number of hydrogen-bond acceptors (Lipinski definition) is 2. The van der Waals surface area contributed by atoms with Gasteiger partial charge in [0.05, 0.1) is 5.41 Å². The number of anilines is 1. The van der Waals surface area contributed by atoms with E-state index in [1.165, 1.54) is 24.8 Å². The van der Waals surface area contributed by atoms with Crippen LogP contribution in [0.3, 0.4) is 0 Å². The van der Waals surface area contributed by atoms with Gasteiger partial charge in [0.1, 0.15) is 0 Å². The van der Waals surface area contributed by atoms with Crippen LogP contribution in [0.15, 0.2) is 24.3 Å². The molecule has 4 fully saturated rings. The van der Waals surface area contributed by atoms with Crippen LogP contribution in [0.2, 0.25) is 0 Å². The molecule has 4 bridgehead atoms. The lowest BCUT2D eigenvalue weighted by atomic mass is 9.49. The summed E-state index contributed by atoms with van der Waals surface area (Å²) in [6.07, 6.45) is 7.52. The number of amides is 1. The molecule has 0 aromatic heterocycles. The van der Waals surface area contributed by atoms with Crippen LogP contribution in [0, 0.1) is 23.2 Å². The smallest absolute Gasteiger partial charge is 0.230 e. The Labute approximate surface area is 145 Å². The van der Waals surface area contributed by atoms with E-state index in [1.54, 1.807) is 0 Å². The molecule has 1 aromatic rings. The lowest BCUT2D eigenvalue weighted by Gasteiger charge is -2.55. The second-order valence-corrected chi connectivity index (χ2v) is 7.88. The lowest BCUT2D eigenvalue weighted by Crippen LogP contribution is -2.51. The molecule has 4 aliphatic rings. The Morgan fingerprint density at radius 3 is 2.30 bits per heavy atom. The van der Waals surface area contributed by atoms with Gasteiger partial charge in [-0.2, -0.15) is 0 Å². The van der Waals surface area contributed by atoms with Crippen LogP contribution in [0.25, 0.3) is 0 Å². The fourth-order valence-corrected chi connectivity index (χ4v) is 5.62. The van der Waals surface area contributed by atoms with Crippen molar-refractivity contribution in [3.63, 3.8) is 0 Å². The van der Waals surface area contributed by atoms with E-state index in [0.29, 0.717) is 0 Å². The van der Waals surface area contributed by atoms with Crippen molar-refractivity contribution in [2.24, 2.45) is 23.2 Å². The van der Waals surface area contributed by atoms with Gasteiger partial charge in [0.25, 0.3) is 0 Å². The Morgan fingerprint density at radius 2 is 1.74 bits per heavy atom. The molecule has 4 saturated carbocycles. The molecule has 0 saturated heterocycles. The van der Waals surface area contributed by atoms with Crippen molar-refractivity contribution in [2.45, 2.75) is 45.1 Å². The zero-order valence-corrected chi connectivity index (χ0v) is 14.6. The summed E-state index contributed by atoms with van der Waals surface area (Å²) in [5, 5.41) is 6.39. The third-order valence-corrected chi connectivity index (χ3v) is 6.09. The average Bonchev–Trinajstić information content (AvgIpc) is 2.46. The molecular weight excluding hydrogens is 308 g/mol. The van der Waals surface area contributed by atoms with Gasteiger partial charge >= 0.3 is 0 Å². The van der Waals surface area contributed by atoms with E-state index < -0.39 is 0 Å². The third-order valence-electron chi connectivity index (χ3n) is 6.09. The number of carbonyl (C=O) groups is 1. The van der Waals surface area contributed by atoms with Crippen molar-refractivity contribution < 1.29 is 4.79 Å². The van der Waals surface area contributed by atoms with Crippen LogP contribution < -0.4 is 10.6 Å². The van der Waals surface area contributed by atoms with E-state index in [2.05, 4.69) is 22.8 Å².